The number of hydrogen-bond donors (Lipinski definition) is 3. The summed E-state index contributed by atoms with van der Waals surface area (Å²) in [6.45, 7) is 4.56. The Balaban J connectivity index is 1.99. The van der Waals surface area contributed by atoms with Crippen LogP contribution in [0.5, 0.6) is 0 Å². The molecule has 0 heterocycles. The number of hydrogen-bond acceptors (Lipinski definition) is 3. The molecular formula is C17H27N3O. The van der Waals surface area contributed by atoms with Crippen LogP contribution in [-0.2, 0) is 4.79 Å². The van der Waals surface area contributed by atoms with Crippen LogP contribution in [0.25, 0.3) is 0 Å². The Kier molecular flexibility index (Phi) is 5.37. The van der Waals surface area contributed by atoms with E-state index in [2.05, 4.69) is 41.8 Å². The van der Waals surface area contributed by atoms with Crippen molar-refractivity contribution < 1.29 is 4.79 Å². The van der Waals surface area contributed by atoms with Crippen molar-refractivity contribution >= 4 is 5.91 Å². The Hall–Kier alpha value is -1.39. The van der Waals surface area contributed by atoms with Crippen LogP contribution in [0.2, 0.25) is 0 Å². The SMILES string of the molecule is CC(NC1(CNC(=O)[C@@H](C)N)CCCC1)c1ccccc1. The second-order valence-corrected chi connectivity index (χ2v) is 6.27. The monoisotopic (exact) mass is 289 g/mol. The standard InChI is InChI=1S/C17H27N3O/c1-13(18)16(21)19-12-17(10-6-7-11-17)20-14(2)15-8-4-3-5-9-15/h3-5,8-9,13-14,20H,6-7,10-12,18H2,1-2H3,(H,19,21)/t13-,14?/m1/s1. The molecule has 0 spiro atoms. The molecule has 0 aromatic heterocycles. The molecule has 1 unspecified atom stereocenters. The Morgan fingerprint density at radius 1 is 1.24 bits per heavy atom. The fraction of sp³-hybridized carbons (Fsp3) is 0.588. The quantitative estimate of drug-likeness (QED) is 0.751. The summed E-state index contributed by atoms with van der Waals surface area (Å²) in [5, 5.41) is 6.74. The molecule has 4 nitrogen and oxygen atoms in total. The predicted octanol–water partition coefficient (Wildman–Crippen LogP) is 2.11. The largest absolute Gasteiger partial charge is 0.353 e. The van der Waals surface area contributed by atoms with Crippen molar-refractivity contribution in [2.75, 3.05) is 6.54 Å². The van der Waals surface area contributed by atoms with Gasteiger partial charge in [0.2, 0.25) is 5.91 Å². The zero-order valence-electron chi connectivity index (χ0n) is 13.1. The third kappa shape index (κ3) is 4.29. The second kappa shape index (κ2) is 7.05. The van der Waals surface area contributed by atoms with Crippen molar-refractivity contribution in [3.8, 4) is 0 Å². The fourth-order valence-electron chi connectivity index (χ4n) is 3.13. The van der Waals surface area contributed by atoms with Gasteiger partial charge in [-0.2, -0.15) is 0 Å². The van der Waals surface area contributed by atoms with E-state index in [1.54, 1.807) is 6.92 Å². The highest BCUT2D eigenvalue weighted by atomic mass is 16.2. The van der Waals surface area contributed by atoms with Crippen LogP contribution in [0.4, 0.5) is 0 Å². The number of benzene rings is 1. The molecule has 0 radical (unpaired) electrons. The molecule has 1 amide bonds. The summed E-state index contributed by atoms with van der Waals surface area (Å²) in [6.07, 6.45) is 4.62. The lowest BCUT2D eigenvalue weighted by Crippen LogP contribution is -2.54. The predicted molar refractivity (Wildman–Crippen MR) is 85.9 cm³/mol. The minimum absolute atomic E-state index is 0.000190. The van der Waals surface area contributed by atoms with Gasteiger partial charge in [-0.1, -0.05) is 43.2 Å². The molecule has 0 aliphatic heterocycles. The first kappa shape index (κ1) is 16.0. The van der Waals surface area contributed by atoms with E-state index in [0.717, 1.165) is 12.8 Å². The van der Waals surface area contributed by atoms with Crippen LogP contribution in [0.15, 0.2) is 30.3 Å². The lowest BCUT2D eigenvalue weighted by molar-refractivity contribution is -0.122. The van der Waals surface area contributed by atoms with Gasteiger partial charge in [0.05, 0.1) is 6.04 Å². The van der Waals surface area contributed by atoms with Crippen LogP contribution in [0.3, 0.4) is 0 Å². The Labute approximate surface area is 127 Å². The first-order valence-corrected chi connectivity index (χ1v) is 7.88. The molecule has 4 N–H and O–H groups in total. The lowest BCUT2D eigenvalue weighted by Gasteiger charge is -2.34. The highest BCUT2D eigenvalue weighted by Crippen LogP contribution is 2.31. The number of amides is 1. The van der Waals surface area contributed by atoms with Crippen LogP contribution >= 0.6 is 0 Å². The summed E-state index contributed by atoms with van der Waals surface area (Å²) in [5.41, 5.74) is 6.90. The summed E-state index contributed by atoms with van der Waals surface area (Å²) in [5.74, 6) is -0.0737. The highest BCUT2D eigenvalue weighted by Gasteiger charge is 2.35. The molecular weight excluding hydrogens is 262 g/mol. The molecule has 2 atom stereocenters. The Bertz CT molecular complexity index is 452. The summed E-state index contributed by atoms with van der Waals surface area (Å²) >= 11 is 0. The smallest absolute Gasteiger partial charge is 0.236 e. The summed E-state index contributed by atoms with van der Waals surface area (Å²) in [6, 6.07) is 10.3. The van der Waals surface area contributed by atoms with Gasteiger partial charge in [-0.25, -0.2) is 0 Å². The maximum atomic E-state index is 11.7. The van der Waals surface area contributed by atoms with Crippen LogP contribution < -0.4 is 16.4 Å². The first-order chi connectivity index (χ1) is 10.0. The molecule has 21 heavy (non-hydrogen) atoms. The van der Waals surface area contributed by atoms with E-state index < -0.39 is 6.04 Å². The molecule has 1 aromatic carbocycles. The zero-order chi connectivity index (χ0) is 15.3. The molecule has 1 aromatic rings. The third-order valence-corrected chi connectivity index (χ3v) is 4.40. The van der Waals surface area contributed by atoms with E-state index >= 15 is 0 Å². The van der Waals surface area contributed by atoms with E-state index in [1.165, 1.54) is 18.4 Å². The topological polar surface area (TPSA) is 67.1 Å². The molecule has 1 fully saturated rings. The molecule has 4 heteroatoms. The van der Waals surface area contributed by atoms with Gasteiger partial charge < -0.3 is 16.4 Å². The van der Waals surface area contributed by atoms with Crippen molar-refractivity contribution in [3.05, 3.63) is 35.9 Å². The van der Waals surface area contributed by atoms with Gasteiger partial charge in [-0.05, 0) is 32.3 Å². The molecule has 116 valence electrons. The Morgan fingerprint density at radius 2 is 1.86 bits per heavy atom. The number of carbonyl (C=O) groups is 1. The number of nitrogens with two attached hydrogens (primary N) is 1. The van der Waals surface area contributed by atoms with E-state index in [0.29, 0.717) is 6.54 Å². The summed E-state index contributed by atoms with van der Waals surface area (Å²) < 4.78 is 0. The van der Waals surface area contributed by atoms with E-state index in [1.807, 2.05) is 6.07 Å². The molecule has 1 aliphatic carbocycles. The van der Waals surface area contributed by atoms with Gasteiger partial charge in [-0.15, -0.1) is 0 Å². The minimum Gasteiger partial charge on any atom is -0.353 e. The highest BCUT2D eigenvalue weighted by molar-refractivity contribution is 5.81. The van der Waals surface area contributed by atoms with Gasteiger partial charge in [-0.3, -0.25) is 4.79 Å². The van der Waals surface area contributed by atoms with Crippen LogP contribution in [0.1, 0.15) is 51.1 Å². The van der Waals surface area contributed by atoms with Crippen LogP contribution in [-0.4, -0.2) is 24.0 Å². The van der Waals surface area contributed by atoms with Gasteiger partial charge >= 0.3 is 0 Å². The van der Waals surface area contributed by atoms with Crippen molar-refractivity contribution in [3.63, 3.8) is 0 Å². The van der Waals surface area contributed by atoms with Crippen molar-refractivity contribution in [2.45, 2.75) is 57.2 Å². The molecule has 1 saturated carbocycles. The maximum Gasteiger partial charge on any atom is 0.236 e. The molecule has 1 aliphatic rings. The fourth-order valence-corrected chi connectivity index (χ4v) is 3.13. The third-order valence-electron chi connectivity index (χ3n) is 4.40. The van der Waals surface area contributed by atoms with Crippen molar-refractivity contribution in [1.82, 2.24) is 10.6 Å². The van der Waals surface area contributed by atoms with Gasteiger partial charge in [0.1, 0.15) is 0 Å². The number of carbonyl (C=O) groups excluding carboxylic acids is 1. The average molecular weight is 289 g/mol. The summed E-state index contributed by atoms with van der Waals surface area (Å²) in [4.78, 5) is 11.7. The normalized spacial score (nSPS) is 20.0. The molecule has 2 rings (SSSR count). The van der Waals surface area contributed by atoms with Crippen LogP contribution in [0, 0.1) is 0 Å². The van der Waals surface area contributed by atoms with Crippen molar-refractivity contribution in [1.29, 1.82) is 0 Å². The number of rotatable bonds is 6. The average Bonchev–Trinajstić information content (AvgIpc) is 2.94. The molecule has 0 bridgehead atoms. The number of nitrogens with one attached hydrogen (secondary N) is 2. The minimum atomic E-state index is -0.449. The molecule has 0 saturated heterocycles. The Morgan fingerprint density at radius 3 is 2.43 bits per heavy atom. The van der Waals surface area contributed by atoms with E-state index in [9.17, 15) is 4.79 Å². The lowest BCUT2D eigenvalue weighted by atomic mass is 9.94. The second-order valence-electron chi connectivity index (χ2n) is 6.27. The van der Waals surface area contributed by atoms with Crippen molar-refractivity contribution in [2.24, 2.45) is 5.73 Å². The van der Waals surface area contributed by atoms with E-state index in [4.69, 9.17) is 5.73 Å². The first-order valence-electron chi connectivity index (χ1n) is 7.88. The summed E-state index contributed by atoms with van der Waals surface area (Å²) in [7, 11) is 0. The van der Waals surface area contributed by atoms with Gasteiger partial charge in [0.25, 0.3) is 0 Å². The maximum absolute atomic E-state index is 11.7. The van der Waals surface area contributed by atoms with Gasteiger partial charge in [0.15, 0.2) is 0 Å². The zero-order valence-corrected chi connectivity index (χ0v) is 13.1. The van der Waals surface area contributed by atoms with Gasteiger partial charge in [0, 0.05) is 18.1 Å². The van der Waals surface area contributed by atoms with E-state index in [-0.39, 0.29) is 17.5 Å².